The number of Topliss-reactive ketones (excluding diaryl/α,β-unsaturated/α-hetero) is 1. The van der Waals surface area contributed by atoms with Gasteiger partial charge in [0.15, 0.2) is 0 Å². The molecule has 1 saturated heterocycles. The summed E-state index contributed by atoms with van der Waals surface area (Å²) in [7, 11) is -3.02. The number of nitrogens with one attached hydrogen (secondary N) is 1. The molecule has 1 fully saturated rings. The van der Waals surface area contributed by atoms with E-state index in [1.165, 1.54) is 0 Å². The van der Waals surface area contributed by atoms with E-state index in [2.05, 4.69) is 5.32 Å². The summed E-state index contributed by atoms with van der Waals surface area (Å²) < 4.78 is 22.7. The van der Waals surface area contributed by atoms with E-state index in [4.69, 9.17) is 0 Å². The zero-order valence-corrected chi connectivity index (χ0v) is 10.9. The van der Waals surface area contributed by atoms with E-state index in [-0.39, 0.29) is 29.1 Å². The molecule has 4 nitrogen and oxygen atoms in total. The van der Waals surface area contributed by atoms with Gasteiger partial charge in [-0.05, 0) is 25.9 Å². The van der Waals surface area contributed by atoms with Crippen molar-refractivity contribution in [1.82, 2.24) is 5.32 Å². The fraction of sp³-hybridized carbons (Fsp3) is 0.909. The Morgan fingerprint density at radius 1 is 1.31 bits per heavy atom. The maximum absolute atomic E-state index is 12.0. The minimum atomic E-state index is -3.02. The van der Waals surface area contributed by atoms with E-state index in [1.54, 1.807) is 6.92 Å². The summed E-state index contributed by atoms with van der Waals surface area (Å²) in [6.07, 6.45) is 1.81. The molecule has 0 atom stereocenters. The maximum atomic E-state index is 12.0. The third-order valence-corrected chi connectivity index (χ3v) is 5.17. The summed E-state index contributed by atoms with van der Waals surface area (Å²) in [6.45, 7) is 5.27. The first-order chi connectivity index (χ1) is 7.40. The molecule has 1 aliphatic rings. The number of ketones is 1. The highest BCUT2D eigenvalue weighted by molar-refractivity contribution is 7.91. The van der Waals surface area contributed by atoms with E-state index < -0.39 is 9.84 Å². The lowest BCUT2D eigenvalue weighted by molar-refractivity contribution is -0.128. The lowest BCUT2D eigenvalue weighted by Gasteiger charge is -2.32. The Labute approximate surface area is 97.7 Å². The molecule has 0 saturated carbocycles. The molecular weight excluding hydrogens is 226 g/mol. The van der Waals surface area contributed by atoms with Gasteiger partial charge in [0, 0.05) is 17.6 Å². The molecule has 94 valence electrons. The van der Waals surface area contributed by atoms with Crippen molar-refractivity contribution in [3.63, 3.8) is 0 Å². The van der Waals surface area contributed by atoms with Crippen molar-refractivity contribution in [3.05, 3.63) is 0 Å². The van der Waals surface area contributed by atoms with Crippen molar-refractivity contribution in [2.24, 2.45) is 5.41 Å². The number of hydrogen-bond donors (Lipinski definition) is 1. The highest BCUT2D eigenvalue weighted by Gasteiger charge is 2.34. The monoisotopic (exact) mass is 247 g/mol. The molecule has 0 bridgehead atoms. The normalized spacial score (nSPS) is 20.6. The van der Waals surface area contributed by atoms with Crippen LogP contribution in [0.25, 0.3) is 0 Å². The maximum Gasteiger partial charge on any atom is 0.150 e. The average Bonchev–Trinajstić information content (AvgIpc) is 2.27. The van der Waals surface area contributed by atoms with Gasteiger partial charge in [0.25, 0.3) is 0 Å². The summed E-state index contributed by atoms with van der Waals surface area (Å²) in [5, 5.41) is 3.21. The summed E-state index contributed by atoms with van der Waals surface area (Å²) >= 11 is 0. The van der Waals surface area contributed by atoms with Crippen LogP contribution in [0.4, 0.5) is 0 Å². The largest absolute Gasteiger partial charge is 0.317 e. The van der Waals surface area contributed by atoms with Crippen LogP contribution in [0.2, 0.25) is 0 Å². The van der Waals surface area contributed by atoms with Crippen LogP contribution in [0.1, 0.15) is 33.1 Å². The second-order valence-electron chi connectivity index (χ2n) is 4.72. The molecule has 0 radical (unpaired) electrons. The summed E-state index contributed by atoms with van der Waals surface area (Å²) in [5.74, 6) is 0.232. The zero-order valence-electron chi connectivity index (χ0n) is 10.1. The average molecular weight is 247 g/mol. The van der Waals surface area contributed by atoms with Crippen LogP contribution < -0.4 is 5.32 Å². The van der Waals surface area contributed by atoms with Gasteiger partial charge in [0.1, 0.15) is 15.6 Å². The summed E-state index contributed by atoms with van der Waals surface area (Å²) in [4.78, 5) is 12.0. The Balaban J connectivity index is 2.52. The summed E-state index contributed by atoms with van der Waals surface area (Å²) in [6, 6.07) is 0. The van der Waals surface area contributed by atoms with E-state index in [0.717, 1.165) is 25.9 Å². The van der Waals surface area contributed by atoms with E-state index in [9.17, 15) is 13.2 Å². The first kappa shape index (κ1) is 13.6. The fourth-order valence-electron chi connectivity index (χ4n) is 1.95. The molecule has 5 heteroatoms. The molecule has 1 heterocycles. The van der Waals surface area contributed by atoms with Crippen molar-refractivity contribution in [1.29, 1.82) is 0 Å². The molecule has 0 spiro atoms. The molecule has 0 aromatic carbocycles. The molecule has 0 aliphatic carbocycles. The van der Waals surface area contributed by atoms with Crippen molar-refractivity contribution in [3.8, 4) is 0 Å². The Morgan fingerprint density at radius 2 is 1.88 bits per heavy atom. The first-order valence-corrected chi connectivity index (χ1v) is 7.66. The third-order valence-electron chi connectivity index (χ3n) is 3.46. The third kappa shape index (κ3) is 3.56. The zero-order chi connectivity index (χ0) is 12.2. The number of rotatable bonds is 5. The number of carbonyl (C=O) groups is 1. The predicted molar refractivity (Wildman–Crippen MR) is 64.2 cm³/mol. The van der Waals surface area contributed by atoms with Gasteiger partial charge in [-0.1, -0.05) is 13.8 Å². The Hall–Kier alpha value is -0.420. The van der Waals surface area contributed by atoms with Gasteiger partial charge in [0.05, 0.1) is 5.75 Å². The minimum Gasteiger partial charge on any atom is -0.317 e. The van der Waals surface area contributed by atoms with Crippen molar-refractivity contribution in [2.45, 2.75) is 33.1 Å². The molecule has 0 aromatic heterocycles. The lowest BCUT2D eigenvalue weighted by Crippen LogP contribution is -2.40. The number of sulfone groups is 1. The highest BCUT2D eigenvalue weighted by atomic mass is 32.2. The van der Waals surface area contributed by atoms with Gasteiger partial charge >= 0.3 is 0 Å². The van der Waals surface area contributed by atoms with Gasteiger partial charge in [-0.2, -0.15) is 0 Å². The van der Waals surface area contributed by atoms with E-state index in [1.807, 2.05) is 6.92 Å². The fourth-order valence-corrected chi connectivity index (χ4v) is 2.74. The molecular formula is C11H21NO3S. The smallest absolute Gasteiger partial charge is 0.150 e. The van der Waals surface area contributed by atoms with Crippen LogP contribution in [0.3, 0.4) is 0 Å². The highest BCUT2D eigenvalue weighted by Crippen LogP contribution is 2.30. The van der Waals surface area contributed by atoms with Gasteiger partial charge in [0.2, 0.25) is 0 Å². The molecule has 16 heavy (non-hydrogen) atoms. The van der Waals surface area contributed by atoms with Crippen LogP contribution in [-0.2, 0) is 14.6 Å². The topological polar surface area (TPSA) is 63.2 Å². The quantitative estimate of drug-likeness (QED) is 0.779. The van der Waals surface area contributed by atoms with Gasteiger partial charge in [-0.25, -0.2) is 8.42 Å². The van der Waals surface area contributed by atoms with Crippen molar-refractivity contribution in [2.75, 3.05) is 24.6 Å². The second-order valence-corrected chi connectivity index (χ2v) is 7.19. The van der Waals surface area contributed by atoms with Crippen LogP contribution in [-0.4, -0.2) is 38.8 Å². The lowest BCUT2D eigenvalue weighted by atomic mass is 9.76. The Morgan fingerprint density at radius 3 is 2.38 bits per heavy atom. The second kappa shape index (κ2) is 5.27. The summed E-state index contributed by atoms with van der Waals surface area (Å²) in [5.41, 5.74) is -0.311. The Kier molecular flexibility index (Phi) is 4.50. The van der Waals surface area contributed by atoms with E-state index in [0.29, 0.717) is 0 Å². The minimum absolute atomic E-state index is 0.00531. The van der Waals surface area contributed by atoms with Crippen molar-refractivity contribution >= 4 is 15.6 Å². The molecule has 1 rings (SSSR count). The molecule has 1 N–H and O–H groups in total. The first-order valence-electron chi connectivity index (χ1n) is 5.84. The van der Waals surface area contributed by atoms with Gasteiger partial charge in [-0.3, -0.25) is 4.79 Å². The van der Waals surface area contributed by atoms with Crippen LogP contribution >= 0.6 is 0 Å². The standard InChI is InChI=1S/C11H21NO3S/c1-3-16(14,15)9-4-10(13)11(2)5-7-12-8-6-11/h12H,3-9H2,1-2H3. The molecule has 0 amide bonds. The van der Waals surface area contributed by atoms with Gasteiger partial charge in [-0.15, -0.1) is 0 Å². The molecule has 1 aliphatic heterocycles. The van der Waals surface area contributed by atoms with Crippen LogP contribution in [0.15, 0.2) is 0 Å². The SMILES string of the molecule is CCS(=O)(=O)CCC(=O)C1(C)CCNCC1. The Bertz CT molecular complexity index is 342. The molecule has 0 unspecified atom stereocenters. The van der Waals surface area contributed by atoms with Crippen molar-refractivity contribution < 1.29 is 13.2 Å². The predicted octanol–water partition coefficient (Wildman–Crippen LogP) is 0.770. The number of hydrogen-bond acceptors (Lipinski definition) is 4. The van der Waals surface area contributed by atoms with Crippen LogP contribution in [0.5, 0.6) is 0 Å². The van der Waals surface area contributed by atoms with E-state index >= 15 is 0 Å². The molecule has 0 aromatic rings. The van der Waals surface area contributed by atoms with Crippen LogP contribution in [0, 0.1) is 5.41 Å². The number of piperidine rings is 1. The van der Waals surface area contributed by atoms with Gasteiger partial charge < -0.3 is 5.32 Å². The number of carbonyl (C=O) groups excluding carboxylic acids is 1.